The number of ether oxygens (including phenoxy) is 1. The van der Waals surface area contributed by atoms with E-state index < -0.39 is 0 Å². The van der Waals surface area contributed by atoms with Gasteiger partial charge in [-0.05, 0) is 36.6 Å². The maximum atomic E-state index is 12.1. The van der Waals surface area contributed by atoms with Crippen molar-refractivity contribution in [3.8, 4) is 5.75 Å². The molecule has 0 heterocycles. The Morgan fingerprint density at radius 3 is 2.55 bits per heavy atom. The summed E-state index contributed by atoms with van der Waals surface area (Å²) in [6.07, 6.45) is 2.63. The molecule has 0 aliphatic heterocycles. The smallest absolute Gasteiger partial charge is 0.275 e. The van der Waals surface area contributed by atoms with Crippen molar-refractivity contribution < 1.29 is 9.53 Å². The Morgan fingerprint density at radius 2 is 1.86 bits per heavy atom. The molecule has 22 heavy (non-hydrogen) atoms. The van der Waals surface area contributed by atoms with Gasteiger partial charge in [0, 0.05) is 0 Å². The summed E-state index contributed by atoms with van der Waals surface area (Å²) >= 11 is 0. The van der Waals surface area contributed by atoms with Crippen molar-refractivity contribution >= 4 is 12.1 Å². The number of hydrogen-bond donors (Lipinski definition) is 1. The van der Waals surface area contributed by atoms with Gasteiger partial charge in [0.25, 0.3) is 5.91 Å². The van der Waals surface area contributed by atoms with Gasteiger partial charge in [0.1, 0.15) is 5.75 Å². The summed E-state index contributed by atoms with van der Waals surface area (Å²) in [7, 11) is 0. The van der Waals surface area contributed by atoms with Crippen LogP contribution in [0.4, 0.5) is 0 Å². The van der Waals surface area contributed by atoms with Crippen LogP contribution in [0.3, 0.4) is 0 Å². The van der Waals surface area contributed by atoms with E-state index in [1.807, 2.05) is 37.3 Å². The molecule has 0 aliphatic rings. The van der Waals surface area contributed by atoms with Crippen LogP contribution < -0.4 is 10.2 Å². The van der Waals surface area contributed by atoms with Gasteiger partial charge in [0.15, 0.2) is 0 Å². The van der Waals surface area contributed by atoms with Crippen molar-refractivity contribution in [2.24, 2.45) is 5.10 Å². The fraction of sp³-hybridized carbons (Fsp3) is 0.222. The molecule has 4 nitrogen and oxygen atoms in total. The third-order valence-electron chi connectivity index (χ3n) is 3.20. The summed E-state index contributed by atoms with van der Waals surface area (Å²) < 4.78 is 5.44. The van der Waals surface area contributed by atoms with Crippen LogP contribution in [0.25, 0.3) is 0 Å². The Labute approximate surface area is 130 Å². The molecule has 0 bridgehead atoms. The Bertz CT molecular complexity index is 648. The molecule has 2 rings (SSSR count). The lowest BCUT2D eigenvalue weighted by Crippen LogP contribution is -2.18. The van der Waals surface area contributed by atoms with Crippen LogP contribution in [0.15, 0.2) is 53.6 Å². The van der Waals surface area contributed by atoms with Gasteiger partial charge in [-0.3, -0.25) is 4.79 Å². The summed E-state index contributed by atoms with van der Waals surface area (Å²) in [5.74, 6) is 0.274. The Hall–Kier alpha value is -2.62. The van der Waals surface area contributed by atoms with Crippen LogP contribution in [0.5, 0.6) is 5.75 Å². The monoisotopic (exact) mass is 296 g/mol. The van der Waals surface area contributed by atoms with Gasteiger partial charge < -0.3 is 4.74 Å². The highest BCUT2D eigenvalue weighted by molar-refractivity contribution is 5.97. The fourth-order valence-corrected chi connectivity index (χ4v) is 2.00. The van der Waals surface area contributed by atoms with E-state index in [4.69, 9.17) is 4.74 Å². The second-order valence-electron chi connectivity index (χ2n) is 4.72. The lowest BCUT2D eigenvalue weighted by Gasteiger charge is -2.08. The lowest BCUT2D eigenvalue weighted by molar-refractivity contribution is 0.0951. The highest BCUT2D eigenvalue weighted by atomic mass is 16.5. The number of hydrazone groups is 1. The minimum atomic E-state index is -0.287. The number of amides is 1. The first-order valence-electron chi connectivity index (χ1n) is 7.38. The quantitative estimate of drug-likeness (QED) is 0.656. The lowest BCUT2D eigenvalue weighted by atomic mass is 10.1. The third-order valence-corrected chi connectivity index (χ3v) is 3.20. The number of para-hydroxylation sites is 1. The molecule has 0 fully saturated rings. The normalized spacial score (nSPS) is 10.6. The van der Waals surface area contributed by atoms with E-state index in [0.29, 0.717) is 17.9 Å². The molecule has 1 amide bonds. The molecule has 0 saturated carbocycles. The van der Waals surface area contributed by atoms with Crippen LogP contribution in [0.2, 0.25) is 0 Å². The number of nitrogens with one attached hydrogen (secondary N) is 1. The Morgan fingerprint density at radius 1 is 1.14 bits per heavy atom. The number of nitrogens with zero attached hydrogens (tertiary/aromatic N) is 1. The molecule has 2 aromatic carbocycles. The van der Waals surface area contributed by atoms with E-state index in [9.17, 15) is 4.79 Å². The predicted molar refractivity (Wildman–Crippen MR) is 88.5 cm³/mol. The van der Waals surface area contributed by atoms with Crippen molar-refractivity contribution in [2.75, 3.05) is 6.61 Å². The molecule has 0 aromatic heterocycles. The van der Waals surface area contributed by atoms with E-state index in [2.05, 4.69) is 17.5 Å². The topological polar surface area (TPSA) is 50.7 Å². The van der Waals surface area contributed by atoms with Crippen molar-refractivity contribution in [1.82, 2.24) is 5.43 Å². The number of hydrogen-bond acceptors (Lipinski definition) is 3. The van der Waals surface area contributed by atoms with E-state index in [1.54, 1.807) is 24.4 Å². The Kier molecular flexibility index (Phi) is 5.72. The number of rotatable bonds is 6. The van der Waals surface area contributed by atoms with Crippen molar-refractivity contribution in [2.45, 2.75) is 20.3 Å². The van der Waals surface area contributed by atoms with Crippen LogP contribution in [-0.4, -0.2) is 18.7 Å². The van der Waals surface area contributed by atoms with Gasteiger partial charge in [-0.15, -0.1) is 0 Å². The second kappa shape index (κ2) is 7.98. The molecular weight excluding hydrogens is 276 g/mol. The number of aryl methyl sites for hydroxylation is 1. The predicted octanol–water partition coefficient (Wildman–Crippen LogP) is 3.41. The van der Waals surface area contributed by atoms with E-state index >= 15 is 0 Å². The second-order valence-corrected chi connectivity index (χ2v) is 4.72. The first-order chi connectivity index (χ1) is 10.7. The summed E-state index contributed by atoms with van der Waals surface area (Å²) in [6, 6.07) is 15.2. The van der Waals surface area contributed by atoms with E-state index in [-0.39, 0.29) is 5.91 Å². The molecule has 0 saturated heterocycles. The standard InChI is InChI=1S/C18H20N2O2/c1-3-14-9-11-15(12-10-14)13-19-20-18(21)16-7-5-6-8-17(16)22-4-2/h5-13H,3-4H2,1-2H3,(H,20,21)/b19-13+. The zero-order valence-corrected chi connectivity index (χ0v) is 12.9. The van der Waals surface area contributed by atoms with Gasteiger partial charge in [-0.25, -0.2) is 5.43 Å². The van der Waals surface area contributed by atoms with Crippen molar-refractivity contribution in [1.29, 1.82) is 0 Å². The van der Waals surface area contributed by atoms with Crippen LogP contribution in [-0.2, 0) is 6.42 Å². The third kappa shape index (κ3) is 4.19. The van der Waals surface area contributed by atoms with Gasteiger partial charge >= 0.3 is 0 Å². The largest absolute Gasteiger partial charge is 0.493 e. The average Bonchev–Trinajstić information content (AvgIpc) is 2.56. The number of carbonyl (C=O) groups excluding carboxylic acids is 1. The highest BCUT2D eigenvalue weighted by Crippen LogP contribution is 2.17. The zero-order chi connectivity index (χ0) is 15.8. The van der Waals surface area contributed by atoms with E-state index in [0.717, 1.165) is 12.0 Å². The van der Waals surface area contributed by atoms with Crippen molar-refractivity contribution in [3.63, 3.8) is 0 Å². The summed E-state index contributed by atoms with van der Waals surface area (Å²) in [6.45, 7) is 4.50. The van der Waals surface area contributed by atoms with Crippen LogP contribution in [0.1, 0.15) is 35.3 Å². The van der Waals surface area contributed by atoms with Crippen molar-refractivity contribution in [3.05, 3.63) is 65.2 Å². The highest BCUT2D eigenvalue weighted by Gasteiger charge is 2.10. The first kappa shape index (κ1) is 15.8. The molecule has 2 aromatic rings. The number of benzene rings is 2. The summed E-state index contributed by atoms with van der Waals surface area (Å²) in [5.41, 5.74) is 5.21. The SMILES string of the molecule is CCOc1ccccc1C(=O)N/N=C/c1ccc(CC)cc1. The molecule has 0 unspecified atom stereocenters. The van der Waals surface area contributed by atoms with Crippen LogP contribution >= 0.6 is 0 Å². The fourth-order valence-electron chi connectivity index (χ4n) is 2.00. The van der Waals surface area contributed by atoms with Crippen LogP contribution in [0, 0.1) is 0 Å². The maximum Gasteiger partial charge on any atom is 0.275 e. The zero-order valence-electron chi connectivity index (χ0n) is 12.9. The molecule has 0 aliphatic carbocycles. The maximum absolute atomic E-state index is 12.1. The first-order valence-corrected chi connectivity index (χ1v) is 7.38. The van der Waals surface area contributed by atoms with Gasteiger partial charge in [-0.2, -0.15) is 5.10 Å². The molecular formula is C18H20N2O2. The minimum absolute atomic E-state index is 0.287. The summed E-state index contributed by atoms with van der Waals surface area (Å²) in [5, 5.41) is 3.99. The molecule has 4 heteroatoms. The molecule has 0 spiro atoms. The molecule has 0 radical (unpaired) electrons. The summed E-state index contributed by atoms with van der Waals surface area (Å²) in [4.78, 5) is 12.1. The van der Waals surface area contributed by atoms with E-state index in [1.165, 1.54) is 5.56 Å². The number of carbonyl (C=O) groups is 1. The minimum Gasteiger partial charge on any atom is -0.493 e. The molecule has 114 valence electrons. The molecule has 0 atom stereocenters. The Balaban J connectivity index is 2.01. The molecule has 1 N–H and O–H groups in total. The van der Waals surface area contributed by atoms with Gasteiger partial charge in [-0.1, -0.05) is 43.3 Å². The van der Waals surface area contributed by atoms with Gasteiger partial charge in [0.2, 0.25) is 0 Å². The average molecular weight is 296 g/mol. The van der Waals surface area contributed by atoms with Gasteiger partial charge in [0.05, 0.1) is 18.4 Å².